The summed E-state index contributed by atoms with van der Waals surface area (Å²) in [5.41, 5.74) is 0.329. The van der Waals surface area contributed by atoms with E-state index in [-0.39, 0.29) is 11.9 Å². The van der Waals surface area contributed by atoms with Crippen molar-refractivity contribution >= 4 is 23.3 Å². The molecular weight excluding hydrogens is 274 g/mol. The summed E-state index contributed by atoms with van der Waals surface area (Å²) in [6.07, 6.45) is 2.95. The van der Waals surface area contributed by atoms with Crippen LogP contribution in [0.2, 0.25) is 5.02 Å². The maximum Gasteiger partial charge on any atom is 0.274 e. The van der Waals surface area contributed by atoms with Crippen LogP contribution in [-0.2, 0) is 0 Å². The largest absolute Gasteiger partial charge is 0.373 e. The van der Waals surface area contributed by atoms with Gasteiger partial charge in [-0.2, -0.15) is 0 Å². The van der Waals surface area contributed by atoms with E-state index in [4.69, 9.17) is 11.6 Å². The summed E-state index contributed by atoms with van der Waals surface area (Å²) in [5, 5.41) is 3.34. The molecule has 0 aliphatic heterocycles. The Bertz CT molecular complexity index is 451. The van der Waals surface area contributed by atoms with Gasteiger partial charge in [0.05, 0.1) is 5.02 Å². The highest BCUT2D eigenvalue weighted by atomic mass is 35.5. The molecule has 0 bridgehead atoms. The van der Waals surface area contributed by atoms with Crippen LogP contribution in [0, 0.1) is 0 Å². The van der Waals surface area contributed by atoms with Gasteiger partial charge in [-0.15, -0.1) is 0 Å². The Kier molecular flexibility index (Phi) is 6.79. The van der Waals surface area contributed by atoms with Crippen LogP contribution in [0.5, 0.6) is 0 Å². The maximum absolute atomic E-state index is 12.7. The first kappa shape index (κ1) is 16.8. The molecule has 0 radical (unpaired) electrons. The van der Waals surface area contributed by atoms with Crippen molar-refractivity contribution in [3.63, 3.8) is 0 Å². The van der Waals surface area contributed by atoms with Gasteiger partial charge in [-0.3, -0.25) is 4.79 Å². The maximum atomic E-state index is 12.7. The predicted molar refractivity (Wildman–Crippen MR) is 84.5 cm³/mol. The molecule has 1 heterocycles. The van der Waals surface area contributed by atoms with Crippen molar-refractivity contribution in [1.29, 1.82) is 0 Å². The number of nitrogens with zero attached hydrogens (tertiary/aromatic N) is 2. The molecule has 20 heavy (non-hydrogen) atoms. The lowest BCUT2D eigenvalue weighted by Gasteiger charge is -2.28. The molecule has 112 valence electrons. The van der Waals surface area contributed by atoms with E-state index in [2.05, 4.69) is 31.1 Å². The first-order valence-electron chi connectivity index (χ1n) is 7.20. The van der Waals surface area contributed by atoms with Gasteiger partial charge in [-0.1, -0.05) is 31.9 Å². The Morgan fingerprint density at radius 2 is 2.15 bits per heavy atom. The van der Waals surface area contributed by atoms with E-state index in [1.54, 1.807) is 19.2 Å². The summed E-state index contributed by atoms with van der Waals surface area (Å²) in [6.45, 7) is 7.00. The number of amides is 1. The van der Waals surface area contributed by atoms with Crippen molar-refractivity contribution in [1.82, 2.24) is 9.88 Å². The molecule has 0 spiro atoms. The standard InChI is InChI=1S/C15H24ClN3O/c1-5-7-10-19(11(3)6-2)15(20)14-12(16)8-9-13(17-4)18-14/h8-9,11H,5-7,10H2,1-4H3,(H,17,18). The van der Waals surface area contributed by atoms with Crippen LogP contribution in [0.3, 0.4) is 0 Å². The minimum absolute atomic E-state index is 0.0881. The molecule has 1 aromatic heterocycles. The van der Waals surface area contributed by atoms with Crippen LogP contribution in [0.15, 0.2) is 12.1 Å². The summed E-state index contributed by atoms with van der Waals surface area (Å²) < 4.78 is 0. The topological polar surface area (TPSA) is 45.2 Å². The Labute approximate surface area is 126 Å². The Hall–Kier alpha value is -1.29. The fourth-order valence-corrected chi connectivity index (χ4v) is 2.12. The number of carbonyl (C=O) groups is 1. The van der Waals surface area contributed by atoms with Crippen molar-refractivity contribution in [2.24, 2.45) is 0 Å². The first-order valence-corrected chi connectivity index (χ1v) is 7.58. The number of unbranched alkanes of at least 4 members (excludes halogenated alkanes) is 1. The molecule has 0 aromatic carbocycles. The molecule has 0 saturated carbocycles. The lowest BCUT2D eigenvalue weighted by Crippen LogP contribution is -2.39. The van der Waals surface area contributed by atoms with E-state index in [1.165, 1.54) is 0 Å². The van der Waals surface area contributed by atoms with Gasteiger partial charge >= 0.3 is 0 Å². The van der Waals surface area contributed by atoms with Gasteiger partial charge in [0.15, 0.2) is 0 Å². The normalized spacial score (nSPS) is 12.1. The summed E-state index contributed by atoms with van der Waals surface area (Å²) in [6, 6.07) is 3.66. The molecule has 0 fully saturated rings. The minimum atomic E-state index is -0.0881. The molecule has 1 atom stereocenters. The Balaban J connectivity index is 3.04. The molecule has 0 aliphatic carbocycles. The van der Waals surface area contributed by atoms with Crippen LogP contribution < -0.4 is 5.32 Å². The van der Waals surface area contributed by atoms with Gasteiger partial charge in [-0.05, 0) is 31.9 Å². The lowest BCUT2D eigenvalue weighted by atomic mass is 10.1. The summed E-state index contributed by atoms with van der Waals surface area (Å²) in [5.74, 6) is 0.562. The molecule has 1 aromatic rings. The number of carbonyl (C=O) groups excluding carboxylic acids is 1. The zero-order chi connectivity index (χ0) is 15.1. The van der Waals surface area contributed by atoms with Crippen LogP contribution in [0.1, 0.15) is 50.5 Å². The van der Waals surface area contributed by atoms with Crippen LogP contribution in [0.25, 0.3) is 0 Å². The fourth-order valence-electron chi connectivity index (χ4n) is 1.94. The SMILES string of the molecule is CCCCN(C(=O)c1nc(NC)ccc1Cl)C(C)CC. The molecular formula is C15H24ClN3O. The number of anilines is 1. The summed E-state index contributed by atoms with van der Waals surface area (Å²) in [4.78, 5) is 18.9. The van der Waals surface area contributed by atoms with Gasteiger partial charge in [0.2, 0.25) is 0 Å². The second-order valence-electron chi connectivity index (χ2n) is 4.89. The second kappa shape index (κ2) is 8.10. The molecule has 1 rings (SSSR count). The van der Waals surface area contributed by atoms with Gasteiger partial charge in [-0.25, -0.2) is 4.98 Å². The van der Waals surface area contributed by atoms with Crippen LogP contribution in [-0.4, -0.2) is 35.4 Å². The van der Waals surface area contributed by atoms with Crippen molar-refractivity contribution < 1.29 is 4.79 Å². The van der Waals surface area contributed by atoms with E-state index in [1.807, 2.05) is 4.90 Å². The number of halogens is 1. The molecule has 1 unspecified atom stereocenters. The second-order valence-corrected chi connectivity index (χ2v) is 5.29. The number of hydrogen-bond acceptors (Lipinski definition) is 3. The van der Waals surface area contributed by atoms with Crippen LogP contribution >= 0.6 is 11.6 Å². The quantitative estimate of drug-likeness (QED) is 0.832. The third-order valence-electron chi connectivity index (χ3n) is 3.44. The summed E-state index contributed by atoms with van der Waals surface area (Å²) >= 11 is 6.14. The third kappa shape index (κ3) is 4.10. The first-order chi connectivity index (χ1) is 9.54. The third-order valence-corrected chi connectivity index (χ3v) is 3.75. The van der Waals surface area contributed by atoms with Gasteiger partial charge in [0.1, 0.15) is 11.5 Å². The number of nitrogens with one attached hydrogen (secondary N) is 1. The fraction of sp³-hybridized carbons (Fsp3) is 0.600. The van der Waals surface area contributed by atoms with E-state index in [9.17, 15) is 4.79 Å². The number of aromatic nitrogens is 1. The van der Waals surface area contributed by atoms with Crippen LogP contribution in [0.4, 0.5) is 5.82 Å². The number of rotatable bonds is 7. The van der Waals surface area contributed by atoms with Crippen molar-refractivity contribution in [3.8, 4) is 0 Å². The minimum Gasteiger partial charge on any atom is -0.373 e. The van der Waals surface area contributed by atoms with Crippen molar-refractivity contribution in [3.05, 3.63) is 22.8 Å². The van der Waals surface area contributed by atoms with E-state index < -0.39 is 0 Å². The lowest BCUT2D eigenvalue weighted by molar-refractivity contribution is 0.0679. The zero-order valence-electron chi connectivity index (χ0n) is 12.7. The molecule has 0 aliphatic rings. The monoisotopic (exact) mass is 297 g/mol. The highest BCUT2D eigenvalue weighted by molar-refractivity contribution is 6.33. The predicted octanol–water partition coefficient (Wildman–Crippen LogP) is 3.82. The molecule has 4 nitrogen and oxygen atoms in total. The molecule has 1 N–H and O–H groups in total. The van der Waals surface area contributed by atoms with E-state index in [0.717, 1.165) is 25.8 Å². The van der Waals surface area contributed by atoms with Gasteiger partial charge in [0, 0.05) is 19.6 Å². The average molecular weight is 298 g/mol. The van der Waals surface area contributed by atoms with Crippen molar-refractivity contribution in [2.45, 2.75) is 46.1 Å². The zero-order valence-corrected chi connectivity index (χ0v) is 13.5. The van der Waals surface area contributed by atoms with E-state index in [0.29, 0.717) is 16.5 Å². The average Bonchev–Trinajstić information content (AvgIpc) is 2.47. The smallest absolute Gasteiger partial charge is 0.274 e. The van der Waals surface area contributed by atoms with Gasteiger partial charge in [0.25, 0.3) is 5.91 Å². The Morgan fingerprint density at radius 1 is 1.45 bits per heavy atom. The van der Waals surface area contributed by atoms with E-state index >= 15 is 0 Å². The van der Waals surface area contributed by atoms with Gasteiger partial charge < -0.3 is 10.2 Å². The Morgan fingerprint density at radius 3 is 2.70 bits per heavy atom. The highest BCUT2D eigenvalue weighted by Gasteiger charge is 2.23. The molecule has 5 heteroatoms. The number of hydrogen-bond donors (Lipinski definition) is 1. The molecule has 1 amide bonds. The molecule has 0 saturated heterocycles. The summed E-state index contributed by atoms with van der Waals surface area (Å²) in [7, 11) is 1.77. The number of pyridine rings is 1. The van der Waals surface area contributed by atoms with Crippen molar-refractivity contribution in [2.75, 3.05) is 18.9 Å². The highest BCUT2D eigenvalue weighted by Crippen LogP contribution is 2.20.